The van der Waals surface area contributed by atoms with Gasteiger partial charge in [0.1, 0.15) is 29.7 Å². The van der Waals surface area contributed by atoms with E-state index in [9.17, 15) is 10.1 Å². The van der Waals surface area contributed by atoms with E-state index in [0.717, 1.165) is 21.9 Å². The fourth-order valence-corrected chi connectivity index (χ4v) is 4.71. The average Bonchev–Trinajstić information content (AvgIpc) is 2.96. The summed E-state index contributed by atoms with van der Waals surface area (Å²) in [6.45, 7) is 2.30. The van der Waals surface area contributed by atoms with Crippen LogP contribution in [-0.4, -0.2) is 27.2 Å². The SMILES string of the molecule is COc1cc(NC(=O)/C(C#N)=C/c2cc(Cl)c(OCc3c(C)ccc4ccccc34)c(OC)c2)c(OC)cc1Cl. The lowest BCUT2D eigenvalue weighted by Gasteiger charge is -2.16. The van der Waals surface area contributed by atoms with E-state index >= 15 is 0 Å². The van der Waals surface area contributed by atoms with Gasteiger partial charge < -0.3 is 24.3 Å². The van der Waals surface area contributed by atoms with Gasteiger partial charge >= 0.3 is 0 Å². The number of ether oxygens (including phenoxy) is 4. The first-order valence-electron chi connectivity index (χ1n) is 12.1. The number of aryl methyl sites for hydroxylation is 1. The molecule has 0 saturated carbocycles. The van der Waals surface area contributed by atoms with Crippen LogP contribution >= 0.6 is 23.2 Å². The minimum Gasteiger partial charge on any atom is -0.495 e. The third-order valence-corrected chi connectivity index (χ3v) is 6.86. The number of methoxy groups -OCH3 is 3. The second-order valence-electron chi connectivity index (χ2n) is 8.72. The molecule has 40 heavy (non-hydrogen) atoms. The van der Waals surface area contributed by atoms with E-state index in [2.05, 4.69) is 29.6 Å². The number of hydrogen-bond acceptors (Lipinski definition) is 6. The highest BCUT2D eigenvalue weighted by Gasteiger charge is 2.18. The number of hydrogen-bond donors (Lipinski definition) is 1. The second-order valence-corrected chi connectivity index (χ2v) is 9.53. The van der Waals surface area contributed by atoms with E-state index in [1.54, 1.807) is 12.1 Å². The number of nitrogens with zero attached hydrogens (tertiary/aromatic N) is 1. The van der Waals surface area contributed by atoms with Crippen LogP contribution in [0.15, 0.2) is 66.2 Å². The summed E-state index contributed by atoms with van der Waals surface area (Å²) in [5.41, 5.74) is 2.72. The summed E-state index contributed by atoms with van der Waals surface area (Å²) in [5.74, 6) is 0.704. The monoisotopic (exact) mass is 576 g/mol. The number of fused-ring (bicyclic) bond motifs is 1. The highest BCUT2D eigenvalue weighted by atomic mass is 35.5. The zero-order valence-corrected chi connectivity index (χ0v) is 23.8. The summed E-state index contributed by atoms with van der Waals surface area (Å²) in [6, 6.07) is 20.4. The third-order valence-electron chi connectivity index (χ3n) is 6.29. The Morgan fingerprint density at radius 2 is 1.65 bits per heavy atom. The van der Waals surface area contributed by atoms with Crippen LogP contribution in [0.3, 0.4) is 0 Å². The van der Waals surface area contributed by atoms with Crippen molar-refractivity contribution in [2.24, 2.45) is 0 Å². The van der Waals surface area contributed by atoms with Crippen LogP contribution in [0.2, 0.25) is 10.0 Å². The smallest absolute Gasteiger partial charge is 0.266 e. The van der Waals surface area contributed by atoms with Crippen molar-refractivity contribution in [3.63, 3.8) is 0 Å². The molecule has 1 amide bonds. The average molecular weight is 577 g/mol. The molecule has 0 radical (unpaired) electrons. The standard InChI is InChI=1S/C31H26Cl2N2O5/c1-18-9-10-20-7-5-6-8-22(20)23(18)17-40-30-25(33)12-19(13-29(30)39-4)11-21(16-34)31(36)35-26-15-27(37-2)24(32)14-28(26)38-3/h5-15H,17H2,1-4H3,(H,35,36)/b21-11+. The minimum atomic E-state index is -0.660. The van der Waals surface area contributed by atoms with E-state index in [4.69, 9.17) is 42.1 Å². The molecule has 0 unspecified atom stereocenters. The van der Waals surface area contributed by atoms with Crippen molar-refractivity contribution in [3.8, 4) is 29.1 Å². The van der Waals surface area contributed by atoms with E-state index in [1.807, 2.05) is 25.1 Å². The van der Waals surface area contributed by atoms with Crippen molar-refractivity contribution in [3.05, 3.63) is 93.0 Å². The Labute approximate surface area is 242 Å². The van der Waals surface area contributed by atoms with Crippen LogP contribution in [0.5, 0.6) is 23.0 Å². The van der Waals surface area contributed by atoms with Crippen LogP contribution in [0.4, 0.5) is 5.69 Å². The minimum absolute atomic E-state index is 0.172. The van der Waals surface area contributed by atoms with Gasteiger partial charge in [0.15, 0.2) is 11.5 Å². The van der Waals surface area contributed by atoms with Crippen molar-refractivity contribution in [1.29, 1.82) is 5.26 Å². The Hall–Kier alpha value is -4.38. The van der Waals surface area contributed by atoms with Gasteiger partial charge in [0, 0.05) is 17.7 Å². The Balaban J connectivity index is 1.60. The molecule has 0 aliphatic carbocycles. The number of amides is 1. The number of nitriles is 1. The zero-order chi connectivity index (χ0) is 28.8. The van der Waals surface area contributed by atoms with Crippen LogP contribution in [0, 0.1) is 18.3 Å². The molecule has 4 aromatic carbocycles. The lowest BCUT2D eigenvalue weighted by atomic mass is 10.0. The van der Waals surface area contributed by atoms with Gasteiger partial charge in [0.05, 0.1) is 37.1 Å². The molecule has 0 aliphatic heterocycles. The second kappa shape index (κ2) is 12.6. The molecule has 0 atom stereocenters. The van der Waals surface area contributed by atoms with Gasteiger partial charge in [-0.1, -0.05) is 59.6 Å². The molecule has 9 heteroatoms. The summed E-state index contributed by atoms with van der Waals surface area (Å²) < 4.78 is 22.2. The summed E-state index contributed by atoms with van der Waals surface area (Å²) in [6.07, 6.45) is 1.40. The molecule has 1 N–H and O–H groups in total. The van der Waals surface area contributed by atoms with Gasteiger partial charge in [-0.25, -0.2) is 0 Å². The van der Waals surface area contributed by atoms with Crippen molar-refractivity contribution in [2.75, 3.05) is 26.6 Å². The zero-order valence-electron chi connectivity index (χ0n) is 22.3. The van der Waals surface area contributed by atoms with E-state index in [1.165, 1.54) is 39.5 Å². The Morgan fingerprint density at radius 3 is 2.35 bits per heavy atom. The van der Waals surface area contributed by atoms with Gasteiger partial charge in [0.25, 0.3) is 5.91 Å². The number of benzene rings is 4. The number of anilines is 1. The Bertz CT molecular complexity index is 1660. The first-order valence-corrected chi connectivity index (χ1v) is 12.9. The molecule has 4 rings (SSSR count). The highest BCUT2D eigenvalue weighted by molar-refractivity contribution is 6.33. The van der Waals surface area contributed by atoms with Crippen molar-refractivity contribution < 1.29 is 23.7 Å². The maximum Gasteiger partial charge on any atom is 0.266 e. The van der Waals surface area contributed by atoms with Crippen molar-refractivity contribution in [1.82, 2.24) is 0 Å². The van der Waals surface area contributed by atoms with Gasteiger partial charge in [-0.2, -0.15) is 5.26 Å². The number of halogens is 2. The summed E-state index contributed by atoms with van der Waals surface area (Å²) in [4.78, 5) is 13.0. The quantitative estimate of drug-likeness (QED) is 0.163. The predicted molar refractivity (Wildman–Crippen MR) is 158 cm³/mol. The van der Waals surface area contributed by atoms with Crippen LogP contribution in [0.1, 0.15) is 16.7 Å². The van der Waals surface area contributed by atoms with Gasteiger partial charge in [-0.3, -0.25) is 4.79 Å². The van der Waals surface area contributed by atoms with E-state index in [0.29, 0.717) is 33.6 Å². The molecule has 0 spiro atoms. The molecule has 4 aromatic rings. The molecule has 0 bridgehead atoms. The number of nitrogens with one attached hydrogen (secondary N) is 1. The van der Waals surface area contributed by atoms with Crippen LogP contribution < -0.4 is 24.3 Å². The van der Waals surface area contributed by atoms with E-state index in [-0.39, 0.29) is 22.9 Å². The van der Waals surface area contributed by atoms with Gasteiger partial charge in [-0.05, 0) is 47.0 Å². The Kier molecular flexibility index (Phi) is 9.05. The maximum atomic E-state index is 13.0. The lowest BCUT2D eigenvalue weighted by Crippen LogP contribution is -2.14. The van der Waals surface area contributed by atoms with Crippen LogP contribution in [-0.2, 0) is 11.4 Å². The number of carbonyl (C=O) groups is 1. The molecule has 0 fully saturated rings. The number of carbonyl (C=O) groups excluding carboxylic acids is 1. The van der Waals surface area contributed by atoms with Crippen LogP contribution in [0.25, 0.3) is 16.8 Å². The largest absolute Gasteiger partial charge is 0.495 e. The first-order chi connectivity index (χ1) is 19.3. The molecule has 0 heterocycles. The molecule has 0 aliphatic rings. The highest BCUT2D eigenvalue weighted by Crippen LogP contribution is 2.39. The molecular weight excluding hydrogens is 551 g/mol. The summed E-state index contributed by atoms with van der Waals surface area (Å²) >= 11 is 12.7. The summed E-state index contributed by atoms with van der Waals surface area (Å²) in [7, 11) is 4.38. The fourth-order valence-electron chi connectivity index (χ4n) is 4.21. The Morgan fingerprint density at radius 1 is 0.925 bits per heavy atom. The first kappa shape index (κ1) is 28.6. The predicted octanol–water partition coefficient (Wildman–Crippen LogP) is 7.61. The molecule has 204 valence electrons. The summed E-state index contributed by atoms with van der Waals surface area (Å²) in [5, 5.41) is 15.2. The van der Waals surface area contributed by atoms with E-state index < -0.39 is 5.91 Å². The van der Waals surface area contributed by atoms with Crippen molar-refractivity contribution in [2.45, 2.75) is 13.5 Å². The van der Waals surface area contributed by atoms with Gasteiger partial charge in [-0.15, -0.1) is 0 Å². The third kappa shape index (κ3) is 6.09. The molecular formula is C31H26Cl2N2O5. The normalized spacial score (nSPS) is 11.1. The number of rotatable bonds is 9. The van der Waals surface area contributed by atoms with Gasteiger partial charge in [0.2, 0.25) is 0 Å². The maximum absolute atomic E-state index is 13.0. The molecule has 0 saturated heterocycles. The lowest BCUT2D eigenvalue weighted by molar-refractivity contribution is -0.112. The fraction of sp³-hybridized carbons (Fsp3) is 0.161. The van der Waals surface area contributed by atoms with Crippen molar-refractivity contribution >= 4 is 51.6 Å². The topological polar surface area (TPSA) is 89.8 Å². The molecule has 7 nitrogen and oxygen atoms in total. The molecule has 0 aromatic heterocycles.